The highest BCUT2D eigenvalue weighted by Crippen LogP contribution is 2.35. The molecule has 0 bridgehead atoms. The molecule has 3 rings (SSSR count). The first-order valence-corrected chi connectivity index (χ1v) is 14.6. The van der Waals surface area contributed by atoms with Gasteiger partial charge < -0.3 is 19.4 Å². The molecule has 0 aliphatic heterocycles. The number of allylic oxidation sites excluding steroid dienone is 3. The monoisotopic (exact) mass is 556 g/mol. The molecule has 0 saturated carbocycles. The lowest BCUT2D eigenvalue weighted by atomic mass is 10.1. The fourth-order valence-electron chi connectivity index (χ4n) is 4.56. The van der Waals surface area contributed by atoms with Crippen molar-refractivity contribution >= 4 is 22.5 Å². The minimum Gasteiger partial charge on any atom is -0.485 e. The molecule has 0 unspecified atom stereocenters. The normalized spacial score (nSPS) is 11.3. The van der Waals surface area contributed by atoms with Crippen LogP contribution in [0.4, 0.5) is 5.69 Å². The number of benzene rings is 2. The van der Waals surface area contributed by atoms with E-state index in [1.165, 1.54) is 11.1 Å². The van der Waals surface area contributed by atoms with E-state index in [2.05, 4.69) is 45.7 Å². The summed E-state index contributed by atoms with van der Waals surface area (Å²) >= 11 is 0. The van der Waals surface area contributed by atoms with Gasteiger partial charge in [-0.3, -0.25) is 9.59 Å². The molecule has 0 radical (unpaired) electrons. The van der Waals surface area contributed by atoms with E-state index in [9.17, 15) is 9.59 Å². The van der Waals surface area contributed by atoms with E-state index in [0.717, 1.165) is 43.9 Å². The molecule has 2 aromatic carbocycles. The highest BCUT2D eigenvalue weighted by atomic mass is 16.5. The third-order valence-corrected chi connectivity index (χ3v) is 6.80. The number of ether oxygens (including phenoxy) is 2. The number of carbonyl (C=O) groups is 1. The van der Waals surface area contributed by atoms with Gasteiger partial charge in [0, 0.05) is 23.2 Å². The van der Waals surface area contributed by atoms with Crippen molar-refractivity contribution in [2.45, 2.75) is 72.8 Å². The molecule has 1 heterocycles. The first-order chi connectivity index (χ1) is 19.8. The fourth-order valence-corrected chi connectivity index (χ4v) is 4.56. The zero-order valence-electron chi connectivity index (χ0n) is 25.0. The first kappa shape index (κ1) is 31.5. The summed E-state index contributed by atoms with van der Waals surface area (Å²) in [6.45, 7) is 13.2. The summed E-state index contributed by atoms with van der Waals surface area (Å²) in [5.74, 6) is 0.383. The Hall–Kier alpha value is -4.06. The Balaban J connectivity index is 2.02. The highest BCUT2D eigenvalue weighted by molar-refractivity contribution is 6.05. The van der Waals surface area contributed by atoms with Gasteiger partial charge in [0.05, 0.1) is 5.52 Å². The Morgan fingerprint density at radius 3 is 2.41 bits per heavy atom. The van der Waals surface area contributed by atoms with Crippen LogP contribution in [0.3, 0.4) is 0 Å². The molecule has 41 heavy (non-hydrogen) atoms. The summed E-state index contributed by atoms with van der Waals surface area (Å²) in [7, 11) is 0. The van der Waals surface area contributed by atoms with Gasteiger partial charge in [0.15, 0.2) is 5.75 Å². The molecule has 1 N–H and O–H groups in total. The zero-order chi connectivity index (χ0) is 29.6. The number of nitrogens with zero attached hydrogens (tertiary/aromatic N) is 1. The zero-order valence-corrected chi connectivity index (χ0v) is 25.0. The van der Waals surface area contributed by atoms with Gasteiger partial charge in [-0.25, -0.2) is 0 Å². The van der Waals surface area contributed by atoms with E-state index in [1.54, 1.807) is 22.8 Å². The molecule has 0 spiro atoms. The topological polar surface area (TPSA) is 69.6 Å². The maximum absolute atomic E-state index is 13.8. The van der Waals surface area contributed by atoms with Crippen LogP contribution in [0.1, 0.15) is 76.6 Å². The molecular formula is C35H44N2O4. The number of fused-ring (bicyclic) bond motifs is 1. The van der Waals surface area contributed by atoms with Crippen LogP contribution >= 0.6 is 0 Å². The molecule has 0 aliphatic rings. The smallest absolute Gasteiger partial charge is 0.297 e. The van der Waals surface area contributed by atoms with Gasteiger partial charge in [-0.1, -0.05) is 74.3 Å². The van der Waals surface area contributed by atoms with Crippen LogP contribution in [0.15, 0.2) is 89.3 Å². The van der Waals surface area contributed by atoms with Gasteiger partial charge >= 0.3 is 0 Å². The second kappa shape index (κ2) is 16.3. The summed E-state index contributed by atoms with van der Waals surface area (Å²) in [6.07, 6.45) is 11.9. The number of carbonyl (C=O) groups excluding carboxylic acids is 1. The number of hydrogen-bond acceptors (Lipinski definition) is 4. The Morgan fingerprint density at radius 1 is 0.951 bits per heavy atom. The fraction of sp³-hybridized carbons (Fsp3) is 0.371. The SMILES string of the molecule is C=CCOc1c(OC/C=C(\C)CCC=C(C)C)c2ccc(NC(=O)c3ccccc3)cc2n(CCCCCC)c1=O. The number of unbranched alkanes of at least 4 members (excludes halogenated alkanes) is 3. The van der Waals surface area contributed by atoms with Crippen LogP contribution in [-0.4, -0.2) is 23.7 Å². The van der Waals surface area contributed by atoms with Gasteiger partial charge in [0.2, 0.25) is 5.75 Å². The maximum atomic E-state index is 13.8. The van der Waals surface area contributed by atoms with Crippen LogP contribution in [0.5, 0.6) is 11.5 Å². The van der Waals surface area contributed by atoms with Crippen LogP contribution < -0.4 is 20.3 Å². The van der Waals surface area contributed by atoms with Crippen molar-refractivity contribution in [1.29, 1.82) is 0 Å². The lowest BCUT2D eigenvalue weighted by molar-refractivity contribution is 0.102. The summed E-state index contributed by atoms with van der Waals surface area (Å²) in [4.78, 5) is 26.7. The lowest BCUT2D eigenvalue weighted by Crippen LogP contribution is -2.24. The minimum absolute atomic E-state index is 0.185. The molecule has 0 aliphatic carbocycles. The maximum Gasteiger partial charge on any atom is 0.297 e. The molecule has 0 fully saturated rings. The molecule has 0 atom stereocenters. The number of pyridine rings is 1. The van der Waals surface area contributed by atoms with Gasteiger partial charge in [0.25, 0.3) is 11.5 Å². The molecule has 218 valence electrons. The molecule has 6 nitrogen and oxygen atoms in total. The van der Waals surface area contributed by atoms with Crippen molar-refractivity contribution in [2.24, 2.45) is 0 Å². The third-order valence-electron chi connectivity index (χ3n) is 6.80. The van der Waals surface area contributed by atoms with Crippen LogP contribution in [0.2, 0.25) is 0 Å². The van der Waals surface area contributed by atoms with Crippen molar-refractivity contribution in [3.63, 3.8) is 0 Å². The number of aryl methyl sites for hydroxylation is 1. The van der Waals surface area contributed by atoms with Gasteiger partial charge in [-0.15, -0.1) is 0 Å². The number of nitrogens with one attached hydrogen (secondary N) is 1. The van der Waals surface area contributed by atoms with Gasteiger partial charge in [0.1, 0.15) is 13.2 Å². The molecule has 0 saturated heterocycles. The summed E-state index contributed by atoms with van der Waals surface area (Å²) < 4.78 is 13.9. The largest absolute Gasteiger partial charge is 0.485 e. The van der Waals surface area contributed by atoms with Crippen LogP contribution in [-0.2, 0) is 6.54 Å². The predicted octanol–water partition coefficient (Wildman–Crippen LogP) is 8.47. The molecule has 3 aromatic rings. The first-order valence-electron chi connectivity index (χ1n) is 14.6. The van der Waals surface area contributed by atoms with E-state index in [0.29, 0.717) is 35.7 Å². The van der Waals surface area contributed by atoms with Crippen LogP contribution in [0, 0.1) is 0 Å². The molecule has 6 heteroatoms. The quantitative estimate of drug-likeness (QED) is 0.142. The lowest BCUT2D eigenvalue weighted by Gasteiger charge is -2.19. The number of amides is 1. The number of anilines is 1. The average Bonchev–Trinajstić information content (AvgIpc) is 2.96. The van der Waals surface area contributed by atoms with E-state index < -0.39 is 0 Å². The summed E-state index contributed by atoms with van der Waals surface area (Å²) in [6, 6.07) is 14.6. The van der Waals surface area contributed by atoms with E-state index in [4.69, 9.17) is 9.47 Å². The second-order valence-corrected chi connectivity index (χ2v) is 10.5. The van der Waals surface area contributed by atoms with Gasteiger partial charge in [-0.2, -0.15) is 0 Å². The van der Waals surface area contributed by atoms with E-state index in [1.807, 2.05) is 42.5 Å². The van der Waals surface area contributed by atoms with Crippen molar-refractivity contribution in [1.82, 2.24) is 4.57 Å². The molecule has 1 aromatic heterocycles. The van der Waals surface area contributed by atoms with Crippen molar-refractivity contribution in [3.8, 4) is 11.5 Å². The minimum atomic E-state index is -0.248. The van der Waals surface area contributed by atoms with Crippen LogP contribution in [0.25, 0.3) is 10.9 Å². The molecule has 1 amide bonds. The van der Waals surface area contributed by atoms with Crippen molar-refractivity contribution in [3.05, 3.63) is 100 Å². The average molecular weight is 557 g/mol. The standard InChI is InChI=1S/C35H44N2O4/c1-6-8-9-13-22-37-31-25-29(36-34(38)28-17-11-10-12-18-28)19-20-30(31)32(33(35(37)39)40-23-7-2)41-24-21-27(5)16-14-15-26(3)4/h7,10-12,15,17-21,25H,2,6,8-9,13-14,16,22-24H2,1,3-5H3,(H,36,38)/b27-21+. The predicted molar refractivity (Wildman–Crippen MR) is 170 cm³/mol. The Bertz CT molecular complexity index is 1430. The third kappa shape index (κ3) is 9.24. The summed E-state index contributed by atoms with van der Waals surface area (Å²) in [5, 5.41) is 3.73. The number of hydrogen-bond donors (Lipinski definition) is 1. The Labute approximate surface area is 244 Å². The summed E-state index contributed by atoms with van der Waals surface area (Å²) in [5.41, 5.74) is 4.14. The Morgan fingerprint density at radius 2 is 1.71 bits per heavy atom. The highest BCUT2D eigenvalue weighted by Gasteiger charge is 2.20. The number of rotatable bonds is 16. The van der Waals surface area contributed by atoms with Crippen molar-refractivity contribution in [2.75, 3.05) is 18.5 Å². The Kier molecular flexibility index (Phi) is 12.5. The van der Waals surface area contributed by atoms with Crippen molar-refractivity contribution < 1.29 is 14.3 Å². The van der Waals surface area contributed by atoms with E-state index in [-0.39, 0.29) is 23.8 Å². The second-order valence-electron chi connectivity index (χ2n) is 10.5. The van der Waals surface area contributed by atoms with E-state index >= 15 is 0 Å². The molecular weight excluding hydrogens is 512 g/mol. The van der Waals surface area contributed by atoms with Gasteiger partial charge in [-0.05, 0) is 76.4 Å². The number of aromatic nitrogens is 1.